The zero-order valence-electron chi connectivity index (χ0n) is 21.3. The molecule has 0 N–H and O–H groups in total. The van der Waals surface area contributed by atoms with Gasteiger partial charge in [0.1, 0.15) is 0 Å². The molecular formula is C29H44O2. The standard InChI is InChI=1S/C29H44O2/c1-20(2)12-9-13-21(3)14-10-15-22(4)16-11-17-23(5)18-19-27-26(8)28(30)24(6)25(7)29(27)31/h12,14,16,23H,9-11,13,15,17-19H2,1-8H3/b21-14+,22-16+/t23-/m0/s1. The average Bonchev–Trinajstić information content (AvgIpc) is 2.70. The lowest BCUT2D eigenvalue weighted by molar-refractivity contribution is -0.116. The maximum absolute atomic E-state index is 12.6. The van der Waals surface area contributed by atoms with Gasteiger partial charge in [-0.2, -0.15) is 0 Å². The Labute approximate surface area is 191 Å². The monoisotopic (exact) mass is 424 g/mol. The van der Waals surface area contributed by atoms with E-state index in [0.717, 1.165) is 50.5 Å². The van der Waals surface area contributed by atoms with Crippen molar-refractivity contribution in [2.24, 2.45) is 5.92 Å². The highest BCUT2D eigenvalue weighted by Gasteiger charge is 2.27. The van der Waals surface area contributed by atoms with Crippen LogP contribution in [0.4, 0.5) is 0 Å². The predicted octanol–water partition coefficient (Wildman–Crippen LogP) is 8.41. The minimum atomic E-state index is 0.0412. The Balaban J connectivity index is 2.38. The highest BCUT2D eigenvalue weighted by Crippen LogP contribution is 2.29. The largest absolute Gasteiger partial charge is 0.289 e. The maximum atomic E-state index is 12.6. The van der Waals surface area contributed by atoms with E-state index in [1.54, 1.807) is 20.8 Å². The van der Waals surface area contributed by atoms with Gasteiger partial charge in [-0.05, 0) is 106 Å². The van der Waals surface area contributed by atoms with E-state index >= 15 is 0 Å². The summed E-state index contributed by atoms with van der Waals surface area (Å²) < 4.78 is 0. The number of allylic oxidation sites excluding steroid dienone is 10. The van der Waals surface area contributed by atoms with Crippen LogP contribution in [0.15, 0.2) is 57.2 Å². The minimum Gasteiger partial charge on any atom is -0.289 e. The SMILES string of the molecule is CC(C)=CCC/C(C)=C/CC/C(C)=C/CC[C@H](C)CCC1=C(C)C(=O)C(C)=C(C)C1=O. The summed E-state index contributed by atoms with van der Waals surface area (Å²) in [4.78, 5) is 24.9. The third kappa shape index (κ3) is 9.37. The number of hydrogen-bond acceptors (Lipinski definition) is 2. The second-order valence-electron chi connectivity index (χ2n) is 9.69. The lowest BCUT2D eigenvalue weighted by atomic mass is 9.82. The van der Waals surface area contributed by atoms with Crippen LogP contribution in [0.3, 0.4) is 0 Å². The van der Waals surface area contributed by atoms with Gasteiger partial charge >= 0.3 is 0 Å². The van der Waals surface area contributed by atoms with Crippen molar-refractivity contribution in [2.75, 3.05) is 0 Å². The summed E-state index contributed by atoms with van der Waals surface area (Å²) in [7, 11) is 0. The molecule has 0 heterocycles. The Morgan fingerprint density at radius 2 is 1.23 bits per heavy atom. The molecule has 1 aliphatic carbocycles. The van der Waals surface area contributed by atoms with E-state index in [9.17, 15) is 9.59 Å². The summed E-state index contributed by atoms with van der Waals surface area (Å²) in [5, 5.41) is 0. The second kappa shape index (κ2) is 13.5. The first-order valence-electron chi connectivity index (χ1n) is 12.0. The van der Waals surface area contributed by atoms with Gasteiger partial charge in [-0.3, -0.25) is 9.59 Å². The molecule has 0 saturated carbocycles. The highest BCUT2D eigenvalue weighted by molar-refractivity contribution is 6.24. The molecular weight excluding hydrogens is 380 g/mol. The van der Waals surface area contributed by atoms with Crippen LogP contribution in [0.1, 0.15) is 107 Å². The summed E-state index contributed by atoms with van der Waals surface area (Å²) in [6.45, 7) is 16.4. The van der Waals surface area contributed by atoms with Crippen LogP contribution in [0, 0.1) is 5.92 Å². The quantitative estimate of drug-likeness (QED) is 0.233. The van der Waals surface area contributed by atoms with Crippen LogP contribution in [-0.2, 0) is 9.59 Å². The first-order valence-corrected chi connectivity index (χ1v) is 12.0. The number of hydrogen-bond donors (Lipinski definition) is 0. The Bertz CT molecular complexity index is 808. The zero-order valence-corrected chi connectivity index (χ0v) is 21.3. The molecule has 0 amide bonds. The van der Waals surface area contributed by atoms with E-state index in [1.807, 2.05) is 0 Å². The predicted molar refractivity (Wildman–Crippen MR) is 134 cm³/mol. The van der Waals surface area contributed by atoms with E-state index in [0.29, 0.717) is 29.1 Å². The molecule has 0 saturated heterocycles. The van der Waals surface area contributed by atoms with Gasteiger partial charge in [-0.25, -0.2) is 0 Å². The first kappa shape index (κ1) is 27.1. The fourth-order valence-corrected chi connectivity index (χ4v) is 3.94. The van der Waals surface area contributed by atoms with Crippen LogP contribution in [0.5, 0.6) is 0 Å². The lowest BCUT2D eigenvalue weighted by Crippen LogP contribution is -2.21. The first-order chi connectivity index (χ1) is 14.5. The zero-order chi connectivity index (χ0) is 23.6. The maximum Gasteiger partial charge on any atom is 0.185 e. The van der Waals surface area contributed by atoms with Crippen LogP contribution in [0.25, 0.3) is 0 Å². The van der Waals surface area contributed by atoms with Crippen LogP contribution < -0.4 is 0 Å². The molecule has 172 valence electrons. The lowest BCUT2D eigenvalue weighted by Gasteiger charge is -2.20. The van der Waals surface area contributed by atoms with Gasteiger partial charge in [-0.15, -0.1) is 0 Å². The molecule has 0 unspecified atom stereocenters. The Kier molecular flexibility index (Phi) is 11.7. The van der Waals surface area contributed by atoms with Crippen molar-refractivity contribution in [1.82, 2.24) is 0 Å². The van der Waals surface area contributed by atoms with Gasteiger partial charge in [-0.1, -0.05) is 41.9 Å². The molecule has 0 aliphatic heterocycles. The molecule has 0 fully saturated rings. The Hall–Kier alpha value is -1.96. The van der Waals surface area contributed by atoms with Crippen molar-refractivity contribution < 1.29 is 9.59 Å². The van der Waals surface area contributed by atoms with Crippen molar-refractivity contribution in [3.8, 4) is 0 Å². The average molecular weight is 425 g/mol. The fourth-order valence-electron chi connectivity index (χ4n) is 3.94. The molecule has 1 rings (SSSR count). The molecule has 0 aromatic heterocycles. The van der Waals surface area contributed by atoms with Crippen molar-refractivity contribution in [1.29, 1.82) is 0 Å². The summed E-state index contributed by atoms with van der Waals surface area (Å²) in [6.07, 6.45) is 15.5. The number of carbonyl (C=O) groups is 2. The molecule has 0 aromatic carbocycles. The molecule has 1 atom stereocenters. The molecule has 31 heavy (non-hydrogen) atoms. The number of carbonyl (C=O) groups excluding carboxylic acids is 2. The highest BCUT2D eigenvalue weighted by atomic mass is 16.1. The molecule has 0 radical (unpaired) electrons. The van der Waals surface area contributed by atoms with Crippen LogP contribution in [-0.4, -0.2) is 11.6 Å². The van der Waals surface area contributed by atoms with E-state index in [2.05, 4.69) is 52.8 Å². The number of ketones is 2. The van der Waals surface area contributed by atoms with Crippen LogP contribution in [0.2, 0.25) is 0 Å². The van der Waals surface area contributed by atoms with Crippen molar-refractivity contribution in [3.05, 3.63) is 57.2 Å². The normalized spacial score (nSPS) is 16.9. The number of rotatable bonds is 12. The minimum absolute atomic E-state index is 0.0412. The topological polar surface area (TPSA) is 34.1 Å². The van der Waals surface area contributed by atoms with Gasteiger partial charge in [0.25, 0.3) is 0 Å². The van der Waals surface area contributed by atoms with E-state index in [4.69, 9.17) is 0 Å². The molecule has 2 heteroatoms. The number of Topliss-reactive ketones (excluding diaryl/α,β-unsaturated/α-hetero) is 2. The molecule has 2 nitrogen and oxygen atoms in total. The molecule has 1 aliphatic rings. The van der Waals surface area contributed by atoms with Crippen molar-refractivity contribution >= 4 is 11.6 Å². The second-order valence-corrected chi connectivity index (χ2v) is 9.69. The van der Waals surface area contributed by atoms with E-state index in [-0.39, 0.29) is 11.6 Å². The van der Waals surface area contributed by atoms with Gasteiger partial charge < -0.3 is 0 Å². The van der Waals surface area contributed by atoms with Crippen molar-refractivity contribution in [2.45, 2.75) is 107 Å². The molecule has 0 bridgehead atoms. The molecule has 0 aromatic rings. The fraction of sp³-hybridized carbons (Fsp3) is 0.586. The van der Waals surface area contributed by atoms with Gasteiger partial charge in [0.2, 0.25) is 0 Å². The summed E-state index contributed by atoms with van der Waals surface area (Å²) in [5.74, 6) is 0.651. The van der Waals surface area contributed by atoms with Gasteiger partial charge in [0.15, 0.2) is 11.6 Å². The third-order valence-corrected chi connectivity index (χ3v) is 6.47. The van der Waals surface area contributed by atoms with Gasteiger partial charge in [0, 0.05) is 22.3 Å². The Morgan fingerprint density at radius 3 is 1.81 bits per heavy atom. The summed E-state index contributed by atoms with van der Waals surface area (Å²) >= 11 is 0. The van der Waals surface area contributed by atoms with Gasteiger partial charge in [0.05, 0.1) is 0 Å². The van der Waals surface area contributed by atoms with E-state index in [1.165, 1.54) is 16.7 Å². The smallest absolute Gasteiger partial charge is 0.185 e. The van der Waals surface area contributed by atoms with Crippen molar-refractivity contribution in [3.63, 3.8) is 0 Å². The van der Waals surface area contributed by atoms with E-state index < -0.39 is 0 Å². The third-order valence-electron chi connectivity index (χ3n) is 6.47. The summed E-state index contributed by atoms with van der Waals surface area (Å²) in [5.41, 5.74) is 6.96. The molecule has 0 spiro atoms. The Morgan fingerprint density at radius 1 is 0.710 bits per heavy atom. The van der Waals surface area contributed by atoms with Crippen LogP contribution >= 0.6 is 0 Å². The summed E-state index contributed by atoms with van der Waals surface area (Å²) in [6, 6.07) is 0.